The van der Waals surface area contributed by atoms with E-state index in [1.165, 1.54) is 35.1 Å². The van der Waals surface area contributed by atoms with E-state index in [0.717, 1.165) is 31.5 Å². The number of aromatic nitrogens is 2. The van der Waals surface area contributed by atoms with Crippen molar-refractivity contribution in [3.8, 4) is 0 Å². The number of rotatable bonds is 7. The van der Waals surface area contributed by atoms with Gasteiger partial charge in [0, 0.05) is 19.1 Å². The first-order chi connectivity index (χ1) is 8.71. The normalized spacial score (nSPS) is 22.4. The Morgan fingerprint density at radius 2 is 2.17 bits per heavy atom. The summed E-state index contributed by atoms with van der Waals surface area (Å²) in [5.41, 5.74) is 2.48. The summed E-state index contributed by atoms with van der Waals surface area (Å²) in [6, 6.07) is 0.738. The van der Waals surface area contributed by atoms with E-state index < -0.39 is 0 Å². The third-order valence-corrected chi connectivity index (χ3v) is 4.72. The van der Waals surface area contributed by atoms with Gasteiger partial charge in [0.05, 0.1) is 15.9 Å². The molecule has 4 heteroatoms. The van der Waals surface area contributed by atoms with E-state index >= 15 is 0 Å². The predicted octanol–water partition coefficient (Wildman–Crippen LogP) is 3.51. The van der Waals surface area contributed by atoms with Crippen molar-refractivity contribution in [2.75, 3.05) is 0 Å². The number of hydrogen-bond acceptors (Lipinski definition) is 2. The van der Waals surface area contributed by atoms with Gasteiger partial charge in [0.1, 0.15) is 0 Å². The van der Waals surface area contributed by atoms with Gasteiger partial charge < -0.3 is 5.32 Å². The second-order valence-corrected chi connectivity index (χ2v) is 5.94. The molecule has 0 saturated heterocycles. The number of nitrogens with zero attached hydrogens (tertiary/aromatic N) is 2. The molecule has 3 nitrogen and oxygen atoms in total. The van der Waals surface area contributed by atoms with E-state index in [4.69, 9.17) is 0 Å². The van der Waals surface area contributed by atoms with Crippen molar-refractivity contribution in [3.63, 3.8) is 0 Å². The lowest BCUT2D eigenvalue weighted by atomic mass is 10.2. The average molecular weight is 314 g/mol. The molecule has 0 amide bonds. The van der Waals surface area contributed by atoms with Gasteiger partial charge in [-0.1, -0.05) is 20.3 Å². The highest BCUT2D eigenvalue weighted by atomic mass is 79.9. The molecule has 1 fully saturated rings. The lowest BCUT2D eigenvalue weighted by molar-refractivity contribution is 0.552. The molecule has 0 spiro atoms. The van der Waals surface area contributed by atoms with Crippen LogP contribution in [0.3, 0.4) is 0 Å². The summed E-state index contributed by atoms with van der Waals surface area (Å²) in [5, 5.41) is 8.30. The van der Waals surface area contributed by atoms with Gasteiger partial charge in [0.15, 0.2) is 0 Å². The summed E-state index contributed by atoms with van der Waals surface area (Å²) in [7, 11) is 0. The molecular formula is C14H24BrN3. The van der Waals surface area contributed by atoms with Crippen LogP contribution >= 0.6 is 15.9 Å². The quantitative estimate of drug-likeness (QED) is 0.835. The van der Waals surface area contributed by atoms with Crippen LogP contribution in [0.15, 0.2) is 4.47 Å². The molecule has 0 aromatic carbocycles. The zero-order valence-electron chi connectivity index (χ0n) is 11.7. The van der Waals surface area contributed by atoms with Crippen LogP contribution in [0.25, 0.3) is 0 Å². The SMILES string of the molecule is CCCC1CC1NCc1c(Br)c(CC)nn1CC. The largest absolute Gasteiger partial charge is 0.308 e. The van der Waals surface area contributed by atoms with E-state index in [9.17, 15) is 0 Å². The van der Waals surface area contributed by atoms with Crippen molar-refractivity contribution < 1.29 is 0 Å². The molecule has 0 radical (unpaired) electrons. The standard InChI is InChI=1S/C14H24BrN3/c1-4-7-10-8-12(10)16-9-13-14(15)11(5-2)17-18(13)6-3/h10,12,16H,4-9H2,1-3H3. The van der Waals surface area contributed by atoms with E-state index in [2.05, 4.69) is 51.8 Å². The van der Waals surface area contributed by atoms with Crippen LogP contribution in [0, 0.1) is 5.92 Å². The van der Waals surface area contributed by atoms with Gasteiger partial charge in [-0.15, -0.1) is 0 Å². The molecular weight excluding hydrogens is 290 g/mol. The molecule has 1 aromatic rings. The number of halogens is 1. The third kappa shape index (κ3) is 2.97. The van der Waals surface area contributed by atoms with Crippen LogP contribution in [0.4, 0.5) is 0 Å². The Morgan fingerprint density at radius 1 is 1.39 bits per heavy atom. The van der Waals surface area contributed by atoms with E-state index in [1.807, 2.05) is 0 Å². The Balaban J connectivity index is 1.94. The van der Waals surface area contributed by atoms with Crippen molar-refractivity contribution in [3.05, 3.63) is 15.9 Å². The minimum atomic E-state index is 0.738. The minimum Gasteiger partial charge on any atom is -0.308 e. The van der Waals surface area contributed by atoms with Gasteiger partial charge in [0.25, 0.3) is 0 Å². The fourth-order valence-electron chi connectivity index (χ4n) is 2.60. The summed E-state index contributed by atoms with van der Waals surface area (Å²) in [4.78, 5) is 0. The van der Waals surface area contributed by atoms with Gasteiger partial charge in [-0.2, -0.15) is 5.10 Å². The maximum Gasteiger partial charge on any atom is 0.0767 e. The second kappa shape index (κ2) is 6.20. The monoisotopic (exact) mass is 313 g/mol. The average Bonchev–Trinajstić information content (AvgIpc) is 3.03. The highest BCUT2D eigenvalue weighted by Crippen LogP contribution is 2.35. The summed E-state index contributed by atoms with van der Waals surface area (Å²) in [6.45, 7) is 8.46. The molecule has 2 unspecified atom stereocenters. The molecule has 1 aliphatic carbocycles. The molecule has 1 aromatic heterocycles. The Kier molecular flexibility index (Phi) is 4.84. The molecule has 1 aliphatic rings. The Bertz CT molecular complexity index is 400. The lowest BCUT2D eigenvalue weighted by Crippen LogP contribution is -2.20. The molecule has 2 rings (SSSR count). The Morgan fingerprint density at radius 3 is 2.78 bits per heavy atom. The topological polar surface area (TPSA) is 29.9 Å². The summed E-state index contributed by atoms with van der Waals surface area (Å²) < 4.78 is 3.32. The zero-order valence-corrected chi connectivity index (χ0v) is 13.3. The van der Waals surface area contributed by atoms with Gasteiger partial charge in [-0.05, 0) is 48.0 Å². The molecule has 1 heterocycles. The van der Waals surface area contributed by atoms with Crippen molar-refractivity contribution in [1.82, 2.24) is 15.1 Å². The van der Waals surface area contributed by atoms with Crippen molar-refractivity contribution in [2.24, 2.45) is 5.92 Å². The van der Waals surface area contributed by atoms with E-state index in [0.29, 0.717) is 0 Å². The highest BCUT2D eigenvalue weighted by Gasteiger charge is 2.35. The Labute approximate surface area is 118 Å². The van der Waals surface area contributed by atoms with Gasteiger partial charge in [-0.25, -0.2) is 0 Å². The smallest absolute Gasteiger partial charge is 0.0767 e. The number of aryl methyl sites for hydroxylation is 2. The molecule has 1 saturated carbocycles. The molecule has 0 bridgehead atoms. The van der Waals surface area contributed by atoms with Crippen LogP contribution in [-0.2, 0) is 19.5 Å². The molecule has 102 valence electrons. The molecule has 2 atom stereocenters. The fraction of sp³-hybridized carbons (Fsp3) is 0.786. The second-order valence-electron chi connectivity index (χ2n) is 5.15. The van der Waals surface area contributed by atoms with Crippen LogP contribution in [0.5, 0.6) is 0 Å². The van der Waals surface area contributed by atoms with Gasteiger partial charge in [0.2, 0.25) is 0 Å². The van der Waals surface area contributed by atoms with Gasteiger partial charge >= 0.3 is 0 Å². The van der Waals surface area contributed by atoms with Crippen LogP contribution in [0.2, 0.25) is 0 Å². The molecule has 1 N–H and O–H groups in total. The fourth-order valence-corrected chi connectivity index (χ4v) is 3.31. The minimum absolute atomic E-state index is 0.738. The predicted molar refractivity (Wildman–Crippen MR) is 78.6 cm³/mol. The third-order valence-electron chi connectivity index (χ3n) is 3.81. The lowest BCUT2D eigenvalue weighted by Gasteiger charge is -2.07. The van der Waals surface area contributed by atoms with Crippen molar-refractivity contribution >= 4 is 15.9 Å². The first-order valence-corrected chi connectivity index (χ1v) is 7.97. The molecule has 18 heavy (non-hydrogen) atoms. The highest BCUT2D eigenvalue weighted by molar-refractivity contribution is 9.10. The van der Waals surface area contributed by atoms with Crippen LogP contribution in [0.1, 0.15) is 51.4 Å². The maximum atomic E-state index is 4.63. The first kappa shape index (κ1) is 14.1. The first-order valence-electron chi connectivity index (χ1n) is 7.18. The Hall–Kier alpha value is -0.350. The van der Waals surface area contributed by atoms with Crippen molar-refractivity contribution in [1.29, 1.82) is 0 Å². The number of hydrogen-bond donors (Lipinski definition) is 1. The summed E-state index contributed by atoms with van der Waals surface area (Å²) >= 11 is 3.70. The number of nitrogens with one attached hydrogen (secondary N) is 1. The van der Waals surface area contributed by atoms with Crippen molar-refractivity contribution in [2.45, 2.75) is 65.6 Å². The molecule has 0 aliphatic heterocycles. The maximum absolute atomic E-state index is 4.63. The summed E-state index contributed by atoms with van der Waals surface area (Å²) in [5.74, 6) is 0.914. The summed E-state index contributed by atoms with van der Waals surface area (Å²) in [6.07, 6.45) is 5.01. The van der Waals surface area contributed by atoms with E-state index in [1.54, 1.807) is 0 Å². The zero-order chi connectivity index (χ0) is 13.1. The van der Waals surface area contributed by atoms with E-state index in [-0.39, 0.29) is 0 Å². The van der Waals surface area contributed by atoms with Crippen LogP contribution in [-0.4, -0.2) is 15.8 Å². The van der Waals surface area contributed by atoms with Crippen LogP contribution < -0.4 is 5.32 Å². The van der Waals surface area contributed by atoms with Gasteiger partial charge in [-0.3, -0.25) is 4.68 Å².